The molecule has 17 heavy (non-hydrogen) atoms. The van der Waals surface area contributed by atoms with Crippen molar-refractivity contribution in [3.63, 3.8) is 0 Å². The molecule has 0 aliphatic carbocycles. The van der Waals surface area contributed by atoms with Gasteiger partial charge in [-0.1, -0.05) is 35.5 Å². The summed E-state index contributed by atoms with van der Waals surface area (Å²) in [5.74, 6) is 0.641. The zero-order valence-corrected chi connectivity index (χ0v) is 9.63. The zero-order chi connectivity index (χ0) is 11.9. The van der Waals surface area contributed by atoms with E-state index in [1.54, 1.807) is 7.11 Å². The largest absolute Gasteiger partial charge is 0.383 e. The maximum atomic E-state index is 5.20. The van der Waals surface area contributed by atoms with Crippen molar-refractivity contribution in [2.24, 2.45) is 0 Å². The minimum atomic E-state index is 0.125. The van der Waals surface area contributed by atoms with E-state index < -0.39 is 0 Å². The van der Waals surface area contributed by atoms with Gasteiger partial charge >= 0.3 is 0 Å². The van der Waals surface area contributed by atoms with Crippen LogP contribution in [0.25, 0.3) is 0 Å². The Hall–Kier alpha value is -1.79. The summed E-state index contributed by atoms with van der Waals surface area (Å²) < 4.78 is 5.20. The van der Waals surface area contributed by atoms with E-state index in [9.17, 15) is 0 Å². The number of nitrogens with zero attached hydrogens (tertiary/aromatic N) is 3. The van der Waals surface area contributed by atoms with Gasteiger partial charge in [0.05, 0.1) is 19.2 Å². The number of aromatic amines is 1. The molecule has 6 heteroatoms. The molecule has 0 aliphatic rings. The first kappa shape index (κ1) is 11.7. The maximum absolute atomic E-state index is 5.20. The second kappa shape index (κ2) is 6.07. The molecule has 0 spiro atoms. The highest BCUT2D eigenvalue weighted by Gasteiger charge is 2.11. The normalized spacial score (nSPS) is 12.5. The van der Waals surface area contributed by atoms with Crippen LogP contribution in [0.1, 0.15) is 17.4 Å². The van der Waals surface area contributed by atoms with Crippen molar-refractivity contribution in [1.82, 2.24) is 25.9 Å². The van der Waals surface area contributed by atoms with Crippen LogP contribution in [0.2, 0.25) is 0 Å². The van der Waals surface area contributed by atoms with E-state index in [1.165, 1.54) is 5.56 Å². The number of H-pyrrole nitrogens is 1. The molecule has 1 aromatic heterocycles. The van der Waals surface area contributed by atoms with Gasteiger partial charge in [0.1, 0.15) is 0 Å². The van der Waals surface area contributed by atoms with Gasteiger partial charge in [-0.15, -0.1) is 10.2 Å². The molecule has 1 atom stereocenters. The van der Waals surface area contributed by atoms with E-state index in [0.29, 0.717) is 19.0 Å². The molecule has 0 radical (unpaired) electrons. The molecule has 90 valence electrons. The van der Waals surface area contributed by atoms with Gasteiger partial charge in [0.2, 0.25) is 0 Å². The Labute approximate surface area is 99.4 Å². The third kappa shape index (κ3) is 3.33. The zero-order valence-electron chi connectivity index (χ0n) is 9.63. The summed E-state index contributed by atoms with van der Waals surface area (Å²) >= 11 is 0. The number of rotatable bonds is 6. The number of tetrazole rings is 1. The van der Waals surface area contributed by atoms with E-state index in [4.69, 9.17) is 4.74 Å². The highest BCUT2D eigenvalue weighted by atomic mass is 16.5. The topological polar surface area (TPSA) is 75.7 Å². The second-order valence-electron chi connectivity index (χ2n) is 3.63. The lowest BCUT2D eigenvalue weighted by molar-refractivity contribution is 0.166. The van der Waals surface area contributed by atoms with Crippen molar-refractivity contribution in [3.05, 3.63) is 41.7 Å². The smallest absolute Gasteiger partial charge is 0.188 e. The van der Waals surface area contributed by atoms with Gasteiger partial charge in [0.15, 0.2) is 5.82 Å². The van der Waals surface area contributed by atoms with E-state index in [-0.39, 0.29) is 6.04 Å². The fourth-order valence-corrected chi connectivity index (χ4v) is 1.60. The predicted molar refractivity (Wildman–Crippen MR) is 62.1 cm³/mol. The molecule has 0 aliphatic heterocycles. The highest BCUT2D eigenvalue weighted by molar-refractivity contribution is 5.18. The van der Waals surface area contributed by atoms with Gasteiger partial charge in [-0.3, -0.25) is 0 Å². The minimum absolute atomic E-state index is 0.125. The summed E-state index contributed by atoms with van der Waals surface area (Å²) in [6.07, 6.45) is 0. The molecule has 0 amide bonds. The third-order valence-corrected chi connectivity index (χ3v) is 2.43. The molecule has 1 aromatic carbocycles. The average Bonchev–Trinajstić information content (AvgIpc) is 2.88. The van der Waals surface area contributed by atoms with Crippen LogP contribution in [-0.4, -0.2) is 34.3 Å². The predicted octanol–water partition coefficient (Wildman–Crippen LogP) is 0.677. The lowest BCUT2D eigenvalue weighted by atomic mass is 10.1. The van der Waals surface area contributed by atoms with Gasteiger partial charge in [0.25, 0.3) is 0 Å². The Morgan fingerprint density at radius 2 is 2.18 bits per heavy atom. The molecule has 1 heterocycles. The molecule has 6 nitrogen and oxygen atoms in total. The summed E-state index contributed by atoms with van der Waals surface area (Å²) in [4.78, 5) is 0. The molecular formula is C11H15N5O. The van der Waals surface area contributed by atoms with Gasteiger partial charge in [-0.2, -0.15) is 5.21 Å². The molecule has 0 bridgehead atoms. The van der Waals surface area contributed by atoms with Gasteiger partial charge in [-0.05, 0) is 5.56 Å². The summed E-state index contributed by atoms with van der Waals surface area (Å²) in [6, 6.07) is 10.3. The molecule has 2 aromatic rings. The third-order valence-electron chi connectivity index (χ3n) is 2.43. The number of methoxy groups -OCH3 is 1. The SMILES string of the molecule is COCC(NCc1nn[nH]n1)c1ccccc1. The molecular weight excluding hydrogens is 218 g/mol. The Balaban J connectivity index is 1.98. The summed E-state index contributed by atoms with van der Waals surface area (Å²) in [6.45, 7) is 1.15. The number of nitrogens with one attached hydrogen (secondary N) is 2. The van der Waals surface area contributed by atoms with Gasteiger partial charge < -0.3 is 10.1 Å². The van der Waals surface area contributed by atoms with Crippen molar-refractivity contribution in [3.8, 4) is 0 Å². The Bertz CT molecular complexity index is 417. The molecule has 2 N–H and O–H groups in total. The van der Waals surface area contributed by atoms with Crippen LogP contribution in [-0.2, 0) is 11.3 Å². The lowest BCUT2D eigenvalue weighted by Gasteiger charge is -2.17. The van der Waals surface area contributed by atoms with E-state index in [1.807, 2.05) is 18.2 Å². The fraction of sp³-hybridized carbons (Fsp3) is 0.364. The molecule has 1 unspecified atom stereocenters. The second-order valence-corrected chi connectivity index (χ2v) is 3.63. The molecule has 0 fully saturated rings. The van der Waals surface area contributed by atoms with Crippen molar-refractivity contribution in [2.45, 2.75) is 12.6 Å². The lowest BCUT2D eigenvalue weighted by Crippen LogP contribution is -2.25. The van der Waals surface area contributed by atoms with E-state index in [0.717, 1.165) is 0 Å². The number of benzene rings is 1. The summed E-state index contributed by atoms with van der Waals surface area (Å²) in [5, 5.41) is 17.0. The first-order valence-corrected chi connectivity index (χ1v) is 5.39. The average molecular weight is 233 g/mol. The Kier molecular flexibility index (Phi) is 4.17. The summed E-state index contributed by atoms with van der Waals surface area (Å²) in [5.41, 5.74) is 1.18. The number of hydrogen-bond donors (Lipinski definition) is 2. The first-order chi connectivity index (χ1) is 8.40. The van der Waals surface area contributed by atoms with E-state index in [2.05, 4.69) is 38.1 Å². The first-order valence-electron chi connectivity index (χ1n) is 5.39. The fourth-order valence-electron chi connectivity index (χ4n) is 1.60. The monoisotopic (exact) mass is 233 g/mol. The van der Waals surface area contributed by atoms with Crippen molar-refractivity contribution < 1.29 is 4.74 Å². The number of aromatic nitrogens is 4. The standard InChI is InChI=1S/C11H15N5O/c1-17-8-10(9-5-3-2-4-6-9)12-7-11-13-15-16-14-11/h2-6,10,12H,7-8H2,1H3,(H,13,14,15,16). The maximum Gasteiger partial charge on any atom is 0.188 e. The van der Waals surface area contributed by atoms with Gasteiger partial charge in [0, 0.05) is 7.11 Å². The quantitative estimate of drug-likeness (QED) is 0.767. The van der Waals surface area contributed by atoms with Crippen molar-refractivity contribution >= 4 is 0 Å². The highest BCUT2D eigenvalue weighted by Crippen LogP contribution is 2.12. The van der Waals surface area contributed by atoms with Crippen molar-refractivity contribution in [1.29, 1.82) is 0 Å². The Morgan fingerprint density at radius 3 is 2.82 bits per heavy atom. The number of ether oxygens (including phenoxy) is 1. The van der Waals surface area contributed by atoms with E-state index >= 15 is 0 Å². The molecule has 2 rings (SSSR count). The minimum Gasteiger partial charge on any atom is -0.383 e. The number of hydrogen-bond acceptors (Lipinski definition) is 5. The van der Waals surface area contributed by atoms with Crippen LogP contribution in [0, 0.1) is 0 Å². The van der Waals surface area contributed by atoms with Crippen LogP contribution in [0.5, 0.6) is 0 Å². The van der Waals surface area contributed by atoms with Crippen LogP contribution in [0.3, 0.4) is 0 Å². The van der Waals surface area contributed by atoms with Gasteiger partial charge in [-0.25, -0.2) is 0 Å². The van der Waals surface area contributed by atoms with Crippen LogP contribution in [0.15, 0.2) is 30.3 Å². The Morgan fingerprint density at radius 1 is 1.35 bits per heavy atom. The van der Waals surface area contributed by atoms with Crippen LogP contribution in [0.4, 0.5) is 0 Å². The van der Waals surface area contributed by atoms with Crippen LogP contribution < -0.4 is 5.32 Å². The van der Waals surface area contributed by atoms with Crippen LogP contribution >= 0.6 is 0 Å². The summed E-state index contributed by atoms with van der Waals surface area (Å²) in [7, 11) is 1.69. The molecule has 0 saturated carbocycles. The molecule has 0 saturated heterocycles. The van der Waals surface area contributed by atoms with Crippen molar-refractivity contribution in [2.75, 3.05) is 13.7 Å².